The highest BCUT2D eigenvalue weighted by Gasteiger charge is 2.27. The van der Waals surface area contributed by atoms with Gasteiger partial charge in [0.2, 0.25) is 5.91 Å². The number of hydrogen-bond acceptors (Lipinski definition) is 9. The number of nitrogens with one attached hydrogen (secondary N) is 1. The Labute approximate surface area is 249 Å². The van der Waals surface area contributed by atoms with Crippen molar-refractivity contribution >= 4 is 44.3 Å². The summed E-state index contributed by atoms with van der Waals surface area (Å²) in [5.74, 6) is -0.177. The average molecular weight is 592 g/mol. The van der Waals surface area contributed by atoms with Gasteiger partial charge in [-0.2, -0.15) is 0 Å². The number of ether oxygens (including phenoxy) is 2. The number of anilines is 1. The van der Waals surface area contributed by atoms with Gasteiger partial charge in [-0.25, -0.2) is 4.98 Å². The lowest BCUT2D eigenvalue weighted by Crippen LogP contribution is -2.47. The topological polar surface area (TPSA) is 104 Å². The Balaban J connectivity index is 1.10. The van der Waals surface area contributed by atoms with Crippen LogP contribution in [0.15, 0.2) is 54.6 Å². The van der Waals surface area contributed by atoms with Crippen LogP contribution in [0.25, 0.3) is 10.2 Å². The van der Waals surface area contributed by atoms with E-state index in [2.05, 4.69) is 27.1 Å². The highest BCUT2D eigenvalue weighted by molar-refractivity contribution is 7.22. The Morgan fingerprint density at radius 1 is 1.02 bits per heavy atom. The lowest BCUT2D eigenvalue weighted by molar-refractivity contribution is -0.127. The monoisotopic (exact) mass is 591 g/mol. The largest absolute Gasteiger partial charge is 0.496 e. The molecule has 3 aromatic rings. The second-order valence-electron chi connectivity index (χ2n) is 10.6. The first kappa shape index (κ1) is 29.7. The number of thiazole rings is 1. The number of benzene rings is 2. The van der Waals surface area contributed by atoms with Crippen molar-refractivity contribution in [3.8, 4) is 11.5 Å². The number of amides is 2. The molecule has 2 amide bonds. The first-order valence-electron chi connectivity index (χ1n) is 14.3. The maximum atomic E-state index is 12.9. The molecule has 0 aliphatic carbocycles. The van der Waals surface area contributed by atoms with Crippen LogP contribution in [0.5, 0.6) is 11.5 Å². The molecule has 10 nitrogen and oxygen atoms in total. The van der Waals surface area contributed by atoms with Crippen LogP contribution < -0.4 is 14.8 Å². The van der Waals surface area contributed by atoms with Crippen LogP contribution >= 0.6 is 11.3 Å². The molecule has 1 aromatic heterocycles. The van der Waals surface area contributed by atoms with E-state index in [9.17, 15) is 14.4 Å². The maximum absolute atomic E-state index is 12.9. The van der Waals surface area contributed by atoms with Gasteiger partial charge in [-0.15, -0.1) is 0 Å². The Morgan fingerprint density at radius 3 is 2.62 bits per heavy atom. The van der Waals surface area contributed by atoms with E-state index in [-0.39, 0.29) is 24.2 Å². The zero-order valence-electron chi connectivity index (χ0n) is 24.1. The van der Waals surface area contributed by atoms with Crippen molar-refractivity contribution in [2.75, 3.05) is 65.3 Å². The molecular formula is C31H37N5O5S. The van der Waals surface area contributed by atoms with E-state index in [4.69, 9.17) is 9.47 Å². The number of carbonyl (C=O) groups is 3. The van der Waals surface area contributed by atoms with Gasteiger partial charge < -0.3 is 19.3 Å². The maximum Gasteiger partial charge on any atom is 0.264 e. The number of ketones is 1. The molecule has 0 unspecified atom stereocenters. The first-order chi connectivity index (χ1) is 20.4. The molecule has 2 aliphatic heterocycles. The molecule has 0 radical (unpaired) electrons. The minimum atomic E-state index is -0.349. The number of hydrogen-bond donors (Lipinski definition) is 1. The second-order valence-corrected chi connectivity index (χ2v) is 11.7. The van der Waals surface area contributed by atoms with Crippen LogP contribution in [-0.4, -0.2) is 103 Å². The second kappa shape index (κ2) is 13.9. The van der Waals surface area contributed by atoms with Crippen molar-refractivity contribution in [1.82, 2.24) is 19.7 Å². The predicted molar refractivity (Wildman–Crippen MR) is 163 cm³/mol. The van der Waals surface area contributed by atoms with Gasteiger partial charge in [0.25, 0.3) is 5.91 Å². The number of likely N-dealkylation sites (tertiary alicyclic amines) is 1. The molecule has 3 heterocycles. The number of piperidine rings is 1. The van der Waals surface area contributed by atoms with E-state index < -0.39 is 0 Å². The van der Waals surface area contributed by atoms with E-state index in [1.54, 1.807) is 18.2 Å². The first-order valence-corrected chi connectivity index (χ1v) is 15.1. The lowest BCUT2D eigenvalue weighted by Gasteiger charge is -2.37. The van der Waals surface area contributed by atoms with E-state index in [0.717, 1.165) is 49.2 Å². The quantitative estimate of drug-likeness (QED) is 0.297. The fraction of sp³-hybridized carbons (Fsp3) is 0.419. The van der Waals surface area contributed by atoms with Gasteiger partial charge in [0.15, 0.2) is 17.5 Å². The lowest BCUT2D eigenvalue weighted by atomic mass is 10.0. The number of rotatable bonds is 9. The van der Waals surface area contributed by atoms with E-state index >= 15 is 0 Å². The summed E-state index contributed by atoms with van der Waals surface area (Å²) in [6.45, 7) is 5.56. The molecule has 5 rings (SSSR count). The van der Waals surface area contributed by atoms with Crippen LogP contribution in [-0.2, 0) is 9.59 Å². The molecule has 0 saturated carbocycles. The van der Waals surface area contributed by atoms with E-state index in [1.807, 2.05) is 29.2 Å². The highest BCUT2D eigenvalue weighted by Crippen LogP contribution is 2.27. The molecule has 222 valence electrons. The van der Waals surface area contributed by atoms with Crippen molar-refractivity contribution in [3.05, 3.63) is 60.2 Å². The molecule has 2 fully saturated rings. The molecule has 0 spiro atoms. The third kappa shape index (κ3) is 7.53. The molecule has 0 atom stereocenters. The summed E-state index contributed by atoms with van der Waals surface area (Å²) >= 11 is 1.39. The summed E-state index contributed by atoms with van der Waals surface area (Å²) in [6.07, 6.45) is 5.72. The summed E-state index contributed by atoms with van der Waals surface area (Å²) in [7, 11) is 3.63. The van der Waals surface area contributed by atoms with Gasteiger partial charge in [-0.1, -0.05) is 23.5 Å². The van der Waals surface area contributed by atoms with E-state index in [1.165, 1.54) is 37.0 Å². The fourth-order valence-electron chi connectivity index (χ4n) is 5.42. The molecule has 11 heteroatoms. The molecule has 42 heavy (non-hydrogen) atoms. The van der Waals surface area contributed by atoms with Crippen molar-refractivity contribution < 1.29 is 23.9 Å². The fourth-order valence-corrected chi connectivity index (χ4v) is 6.30. The van der Waals surface area contributed by atoms with Crippen LogP contribution in [0.3, 0.4) is 0 Å². The minimum absolute atomic E-state index is 0.157. The molecule has 2 saturated heterocycles. The molecule has 2 aromatic carbocycles. The standard InChI is InChI=1S/C31H37N5O5S/c1-34-14-5-15-35(19-18-34)22-12-16-36(17-13-22)30(39)11-10-26(37)24-9-8-23(20-27(24)40-2)41-21-29(38)33-31-32-25-6-3-4-7-28(25)42-31/h3-4,6-11,20,22H,5,12-19,21H2,1-2H3,(H,32,33,38)/b11-10+. The summed E-state index contributed by atoms with van der Waals surface area (Å²) < 4.78 is 12.0. The normalized spacial score (nSPS) is 17.3. The Bertz CT molecular complexity index is 1420. The number of nitrogens with zero attached hydrogens (tertiary/aromatic N) is 4. The zero-order valence-corrected chi connectivity index (χ0v) is 24.9. The number of allylic oxidation sites excluding steroid dienone is 1. The van der Waals surface area contributed by atoms with Crippen molar-refractivity contribution in [2.45, 2.75) is 25.3 Å². The van der Waals surface area contributed by atoms with Crippen molar-refractivity contribution in [2.24, 2.45) is 0 Å². The highest BCUT2D eigenvalue weighted by atomic mass is 32.1. The van der Waals surface area contributed by atoms with Gasteiger partial charge in [0, 0.05) is 44.4 Å². The Kier molecular flexibility index (Phi) is 9.83. The van der Waals surface area contributed by atoms with Crippen LogP contribution in [0.1, 0.15) is 29.6 Å². The number of carbonyl (C=O) groups excluding carboxylic acids is 3. The number of methoxy groups -OCH3 is 1. The van der Waals surface area contributed by atoms with E-state index in [0.29, 0.717) is 41.3 Å². The summed E-state index contributed by atoms with van der Waals surface area (Å²) in [5.41, 5.74) is 1.12. The average Bonchev–Trinajstić information content (AvgIpc) is 3.29. The minimum Gasteiger partial charge on any atom is -0.496 e. The molecule has 0 bridgehead atoms. The van der Waals surface area contributed by atoms with Gasteiger partial charge in [-0.05, 0) is 69.7 Å². The number of fused-ring (bicyclic) bond motifs is 1. The van der Waals surface area contributed by atoms with Crippen LogP contribution in [0, 0.1) is 0 Å². The SMILES string of the molecule is COc1cc(OCC(=O)Nc2nc3ccccc3s2)ccc1C(=O)/C=C/C(=O)N1CCC(N2CCCN(C)CC2)CC1. The number of para-hydroxylation sites is 1. The zero-order chi connectivity index (χ0) is 29.5. The molecule has 1 N–H and O–H groups in total. The van der Waals surface area contributed by atoms with Crippen molar-refractivity contribution in [3.63, 3.8) is 0 Å². The molecule has 2 aliphatic rings. The van der Waals surface area contributed by atoms with Gasteiger partial charge >= 0.3 is 0 Å². The Hall–Kier alpha value is -3.80. The predicted octanol–water partition coefficient (Wildman–Crippen LogP) is 3.69. The summed E-state index contributed by atoms with van der Waals surface area (Å²) in [6, 6.07) is 12.9. The van der Waals surface area contributed by atoms with Crippen molar-refractivity contribution in [1.29, 1.82) is 0 Å². The Morgan fingerprint density at radius 2 is 1.83 bits per heavy atom. The van der Waals surface area contributed by atoms with Crippen LogP contribution in [0.4, 0.5) is 5.13 Å². The van der Waals surface area contributed by atoms with Crippen LogP contribution in [0.2, 0.25) is 0 Å². The third-order valence-electron chi connectivity index (χ3n) is 7.77. The van der Waals surface area contributed by atoms with Gasteiger partial charge in [-0.3, -0.25) is 24.6 Å². The number of aromatic nitrogens is 1. The number of likely N-dealkylation sites (N-methyl/N-ethyl adjacent to an activating group) is 1. The third-order valence-corrected chi connectivity index (χ3v) is 8.72. The summed E-state index contributed by atoms with van der Waals surface area (Å²) in [5, 5.41) is 3.25. The summed E-state index contributed by atoms with van der Waals surface area (Å²) in [4.78, 5) is 49.3. The van der Waals surface area contributed by atoms with Gasteiger partial charge in [0.1, 0.15) is 11.5 Å². The molecular weight excluding hydrogens is 554 g/mol. The van der Waals surface area contributed by atoms with Gasteiger partial charge in [0.05, 0.1) is 22.9 Å². The smallest absolute Gasteiger partial charge is 0.264 e.